The number of hydrogen-bond donors (Lipinski definition) is 1. The number of H-pyrrole nitrogens is 1. The Balaban J connectivity index is 1.57. The molecule has 1 aromatic heterocycles. The monoisotopic (exact) mass is 312 g/mol. The minimum absolute atomic E-state index is 0.0357. The molecule has 3 rings (SSSR count). The molecule has 1 amide bonds. The Kier molecular flexibility index (Phi) is 3.75. The number of hydrogen-bond acceptors (Lipinski definition) is 5. The zero-order valence-corrected chi connectivity index (χ0v) is 12.9. The molecule has 0 aromatic carbocycles. The van der Waals surface area contributed by atoms with E-state index in [-0.39, 0.29) is 30.0 Å². The lowest BCUT2D eigenvalue weighted by Gasteiger charge is -2.30. The van der Waals surface area contributed by atoms with Crippen molar-refractivity contribution in [1.29, 1.82) is 0 Å². The molecule has 0 bridgehead atoms. The van der Waals surface area contributed by atoms with Gasteiger partial charge in [-0.3, -0.25) is 9.69 Å². The van der Waals surface area contributed by atoms with E-state index in [1.165, 1.54) is 0 Å². The van der Waals surface area contributed by atoms with Gasteiger partial charge in [-0.15, -0.1) is 0 Å². The third-order valence-corrected chi connectivity index (χ3v) is 6.09. The van der Waals surface area contributed by atoms with Crippen molar-refractivity contribution in [1.82, 2.24) is 19.8 Å². The molecule has 7 nitrogen and oxygen atoms in total. The summed E-state index contributed by atoms with van der Waals surface area (Å²) in [6, 6.07) is -0.0357. The Morgan fingerprint density at radius 1 is 1.57 bits per heavy atom. The average Bonchev–Trinajstić information content (AvgIpc) is 3.03. The van der Waals surface area contributed by atoms with E-state index in [0.717, 1.165) is 17.8 Å². The quantitative estimate of drug-likeness (QED) is 0.806. The minimum Gasteiger partial charge on any atom is -0.347 e. The molecule has 0 spiro atoms. The standard InChI is InChI=1S/C13H20N4O3S/c1-16(10-3-5-21(19,20)8-10)7-13(18)17-4-2-11-12(6-17)15-9-14-11/h9-10H,2-8H2,1H3,(H,14,15). The number of imidazole rings is 1. The molecule has 1 unspecified atom stereocenters. The summed E-state index contributed by atoms with van der Waals surface area (Å²) in [6.45, 7) is 1.50. The molecule has 2 aliphatic rings. The molecule has 1 fully saturated rings. The van der Waals surface area contributed by atoms with Crippen molar-refractivity contribution in [3.8, 4) is 0 Å². The van der Waals surface area contributed by atoms with Crippen molar-refractivity contribution < 1.29 is 13.2 Å². The van der Waals surface area contributed by atoms with Crippen molar-refractivity contribution in [3.63, 3.8) is 0 Å². The second-order valence-electron chi connectivity index (χ2n) is 5.87. The summed E-state index contributed by atoms with van der Waals surface area (Å²) in [7, 11) is -1.09. The van der Waals surface area contributed by atoms with Crippen molar-refractivity contribution in [2.45, 2.75) is 25.4 Å². The number of carbonyl (C=O) groups excluding carboxylic acids is 1. The molecule has 1 atom stereocenters. The molecule has 0 radical (unpaired) electrons. The maximum absolute atomic E-state index is 12.4. The molecule has 0 aliphatic carbocycles. The first kappa shape index (κ1) is 14.5. The summed E-state index contributed by atoms with van der Waals surface area (Å²) in [4.78, 5) is 23.3. The van der Waals surface area contributed by atoms with Crippen LogP contribution in [0.15, 0.2) is 6.33 Å². The van der Waals surface area contributed by atoms with Gasteiger partial charge in [0.05, 0.1) is 42.3 Å². The van der Waals surface area contributed by atoms with Crippen LogP contribution in [0.25, 0.3) is 0 Å². The van der Waals surface area contributed by atoms with Crippen LogP contribution in [-0.2, 0) is 27.6 Å². The van der Waals surface area contributed by atoms with Gasteiger partial charge < -0.3 is 9.88 Å². The maximum Gasteiger partial charge on any atom is 0.237 e. The predicted molar refractivity (Wildman–Crippen MR) is 77.4 cm³/mol. The fourth-order valence-corrected chi connectivity index (χ4v) is 4.80. The van der Waals surface area contributed by atoms with Gasteiger partial charge in [0.15, 0.2) is 9.84 Å². The number of nitrogens with zero attached hydrogens (tertiary/aromatic N) is 3. The summed E-state index contributed by atoms with van der Waals surface area (Å²) < 4.78 is 23.0. The zero-order valence-electron chi connectivity index (χ0n) is 12.1. The molecule has 0 saturated carbocycles. The highest BCUT2D eigenvalue weighted by Crippen LogP contribution is 2.18. The van der Waals surface area contributed by atoms with Gasteiger partial charge in [0.2, 0.25) is 5.91 Å². The normalized spacial score (nSPS) is 24.3. The van der Waals surface area contributed by atoms with E-state index in [1.807, 2.05) is 11.9 Å². The maximum atomic E-state index is 12.4. The van der Waals surface area contributed by atoms with Gasteiger partial charge in [-0.1, -0.05) is 0 Å². The highest BCUT2D eigenvalue weighted by Gasteiger charge is 2.32. The fraction of sp³-hybridized carbons (Fsp3) is 0.692. The second-order valence-corrected chi connectivity index (χ2v) is 8.09. The SMILES string of the molecule is CN(CC(=O)N1CCc2nc[nH]c2C1)C1CCS(=O)(=O)C1. The van der Waals surface area contributed by atoms with Crippen LogP contribution in [0.2, 0.25) is 0 Å². The van der Waals surface area contributed by atoms with Crippen molar-refractivity contribution in [3.05, 3.63) is 17.7 Å². The predicted octanol–water partition coefficient (Wildman–Crippen LogP) is -0.587. The lowest BCUT2D eigenvalue weighted by molar-refractivity contribution is -0.133. The van der Waals surface area contributed by atoms with Gasteiger partial charge >= 0.3 is 0 Å². The Morgan fingerprint density at radius 2 is 2.38 bits per heavy atom. The lowest BCUT2D eigenvalue weighted by Crippen LogP contribution is -2.44. The van der Waals surface area contributed by atoms with Crippen LogP contribution in [0.4, 0.5) is 0 Å². The lowest BCUT2D eigenvalue weighted by atomic mass is 10.1. The van der Waals surface area contributed by atoms with Gasteiger partial charge in [0.25, 0.3) is 0 Å². The first-order valence-corrected chi connectivity index (χ1v) is 8.96. The molecular formula is C13H20N4O3S. The molecule has 8 heteroatoms. The smallest absolute Gasteiger partial charge is 0.237 e. The van der Waals surface area contributed by atoms with Gasteiger partial charge in [-0.05, 0) is 13.5 Å². The van der Waals surface area contributed by atoms with E-state index in [0.29, 0.717) is 19.5 Å². The van der Waals surface area contributed by atoms with E-state index in [4.69, 9.17) is 0 Å². The number of aromatic nitrogens is 2. The van der Waals surface area contributed by atoms with Crippen molar-refractivity contribution in [2.75, 3.05) is 31.6 Å². The number of nitrogens with one attached hydrogen (secondary N) is 1. The number of amides is 1. The van der Waals surface area contributed by atoms with Crippen LogP contribution < -0.4 is 0 Å². The summed E-state index contributed by atoms with van der Waals surface area (Å²) in [5.41, 5.74) is 2.04. The van der Waals surface area contributed by atoms with Gasteiger partial charge in [0, 0.05) is 19.0 Å². The first-order chi connectivity index (χ1) is 9.94. The molecule has 21 heavy (non-hydrogen) atoms. The number of sulfone groups is 1. The van der Waals surface area contributed by atoms with Crippen LogP contribution in [0.1, 0.15) is 17.8 Å². The third kappa shape index (κ3) is 3.11. The fourth-order valence-electron chi connectivity index (χ4n) is 2.99. The zero-order chi connectivity index (χ0) is 15.0. The van der Waals surface area contributed by atoms with E-state index in [9.17, 15) is 13.2 Å². The van der Waals surface area contributed by atoms with Crippen LogP contribution in [0.5, 0.6) is 0 Å². The Morgan fingerprint density at radius 3 is 3.10 bits per heavy atom. The van der Waals surface area contributed by atoms with E-state index >= 15 is 0 Å². The minimum atomic E-state index is -2.91. The van der Waals surface area contributed by atoms with Crippen LogP contribution in [0.3, 0.4) is 0 Å². The Bertz CT molecular complexity index is 640. The third-order valence-electron chi connectivity index (χ3n) is 4.34. The molecule has 1 N–H and O–H groups in total. The average molecular weight is 312 g/mol. The summed E-state index contributed by atoms with van der Waals surface area (Å²) in [6.07, 6.45) is 3.05. The summed E-state index contributed by atoms with van der Waals surface area (Å²) in [5, 5.41) is 0. The Labute approximate surface area is 124 Å². The molecular weight excluding hydrogens is 292 g/mol. The molecule has 1 aromatic rings. The first-order valence-electron chi connectivity index (χ1n) is 7.14. The van der Waals surface area contributed by atoms with Crippen molar-refractivity contribution in [2.24, 2.45) is 0 Å². The molecule has 3 heterocycles. The van der Waals surface area contributed by atoms with E-state index in [2.05, 4.69) is 9.97 Å². The summed E-state index contributed by atoms with van der Waals surface area (Å²) in [5.74, 6) is 0.445. The van der Waals surface area contributed by atoms with Gasteiger partial charge in [0.1, 0.15) is 0 Å². The number of likely N-dealkylation sites (N-methyl/N-ethyl adjacent to an activating group) is 1. The highest BCUT2D eigenvalue weighted by molar-refractivity contribution is 7.91. The van der Waals surface area contributed by atoms with E-state index < -0.39 is 9.84 Å². The largest absolute Gasteiger partial charge is 0.347 e. The van der Waals surface area contributed by atoms with E-state index in [1.54, 1.807) is 11.2 Å². The van der Waals surface area contributed by atoms with Gasteiger partial charge in [-0.2, -0.15) is 0 Å². The number of carbonyl (C=O) groups is 1. The van der Waals surface area contributed by atoms with Gasteiger partial charge in [-0.25, -0.2) is 13.4 Å². The second kappa shape index (κ2) is 5.42. The summed E-state index contributed by atoms with van der Waals surface area (Å²) >= 11 is 0. The molecule has 116 valence electrons. The van der Waals surface area contributed by atoms with Crippen LogP contribution >= 0.6 is 0 Å². The van der Waals surface area contributed by atoms with Crippen molar-refractivity contribution >= 4 is 15.7 Å². The number of fused-ring (bicyclic) bond motifs is 1. The number of aromatic amines is 1. The highest BCUT2D eigenvalue weighted by atomic mass is 32.2. The molecule has 2 aliphatic heterocycles. The Hall–Kier alpha value is -1.41. The van der Waals surface area contributed by atoms with Crippen LogP contribution in [-0.4, -0.2) is 71.8 Å². The van der Waals surface area contributed by atoms with Crippen LogP contribution in [0, 0.1) is 0 Å². The number of rotatable bonds is 3. The topological polar surface area (TPSA) is 86.4 Å². The molecule has 1 saturated heterocycles.